The van der Waals surface area contributed by atoms with Crippen LogP contribution in [0.1, 0.15) is 16.7 Å². The molecule has 0 aliphatic rings. The fraction of sp³-hybridized carbons (Fsp3) is 0.136. The van der Waals surface area contributed by atoms with Gasteiger partial charge in [-0.15, -0.1) is 0 Å². The SMILES string of the molecule is FC(F)(F)c1ccc2c(c1)nc(SCc1ccc(Br)cc1)n2Cc1ccccc1. The van der Waals surface area contributed by atoms with E-state index in [1.54, 1.807) is 0 Å². The summed E-state index contributed by atoms with van der Waals surface area (Å²) in [7, 11) is 0. The molecule has 29 heavy (non-hydrogen) atoms. The Balaban J connectivity index is 1.71. The van der Waals surface area contributed by atoms with E-state index in [-0.39, 0.29) is 0 Å². The lowest BCUT2D eigenvalue weighted by Crippen LogP contribution is -2.05. The highest BCUT2D eigenvalue weighted by molar-refractivity contribution is 9.10. The molecule has 0 bridgehead atoms. The molecule has 0 saturated carbocycles. The van der Waals surface area contributed by atoms with E-state index in [0.717, 1.165) is 27.7 Å². The van der Waals surface area contributed by atoms with Crippen LogP contribution in [0.25, 0.3) is 11.0 Å². The van der Waals surface area contributed by atoms with Crippen LogP contribution in [0.15, 0.2) is 82.4 Å². The van der Waals surface area contributed by atoms with Crippen LogP contribution in [0.2, 0.25) is 0 Å². The molecule has 0 amide bonds. The molecule has 2 nitrogen and oxygen atoms in total. The summed E-state index contributed by atoms with van der Waals surface area (Å²) in [5.41, 5.74) is 2.55. The zero-order valence-corrected chi connectivity index (χ0v) is 17.6. The second kappa shape index (κ2) is 8.24. The minimum atomic E-state index is -4.39. The number of rotatable bonds is 5. The summed E-state index contributed by atoms with van der Waals surface area (Å²) >= 11 is 4.94. The van der Waals surface area contributed by atoms with Crippen molar-refractivity contribution >= 4 is 38.7 Å². The van der Waals surface area contributed by atoms with Gasteiger partial charge in [-0.1, -0.05) is 70.2 Å². The van der Waals surface area contributed by atoms with Crippen LogP contribution in [-0.4, -0.2) is 9.55 Å². The lowest BCUT2D eigenvalue weighted by Gasteiger charge is -2.10. The largest absolute Gasteiger partial charge is 0.416 e. The molecule has 1 aromatic heterocycles. The van der Waals surface area contributed by atoms with Crippen LogP contribution in [-0.2, 0) is 18.5 Å². The first-order valence-corrected chi connectivity index (χ1v) is 10.7. The van der Waals surface area contributed by atoms with Gasteiger partial charge in [-0.05, 0) is 41.5 Å². The molecule has 0 atom stereocenters. The Morgan fingerprint density at radius 3 is 2.31 bits per heavy atom. The number of aromatic nitrogens is 2. The zero-order chi connectivity index (χ0) is 20.4. The van der Waals surface area contributed by atoms with E-state index >= 15 is 0 Å². The molecule has 7 heteroatoms. The Kier molecular flexibility index (Phi) is 5.69. The molecule has 3 aromatic carbocycles. The van der Waals surface area contributed by atoms with Crippen molar-refractivity contribution in [2.45, 2.75) is 23.6 Å². The highest BCUT2D eigenvalue weighted by Crippen LogP contribution is 2.34. The average Bonchev–Trinajstić information content (AvgIpc) is 3.04. The van der Waals surface area contributed by atoms with Gasteiger partial charge in [0.25, 0.3) is 0 Å². The third kappa shape index (κ3) is 4.67. The molecule has 1 heterocycles. The fourth-order valence-electron chi connectivity index (χ4n) is 3.04. The molecular weight excluding hydrogens is 461 g/mol. The van der Waals surface area contributed by atoms with Gasteiger partial charge in [0, 0.05) is 10.2 Å². The number of thioether (sulfide) groups is 1. The number of hydrogen-bond donors (Lipinski definition) is 0. The molecule has 0 aliphatic carbocycles. The fourth-order valence-corrected chi connectivity index (χ4v) is 4.28. The van der Waals surface area contributed by atoms with Crippen molar-refractivity contribution in [3.63, 3.8) is 0 Å². The van der Waals surface area contributed by atoms with E-state index in [1.807, 2.05) is 59.2 Å². The lowest BCUT2D eigenvalue weighted by molar-refractivity contribution is -0.137. The van der Waals surface area contributed by atoms with E-state index in [1.165, 1.54) is 17.8 Å². The minimum absolute atomic E-state index is 0.356. The smallest absolute Gasteiger partial charge is 0.314 e. The van der Waals surface area contributed by atoms with Crippen LogP contribution < -0.4 is 0 Å². The maximum atomic E-state index is 13.1. The average molecular weight is 477 g/mol. The number of alkyl halides is 3. The van der Waals surface area contributed by atoms with Gasteiger partial charge in [0.05, 0.1) is 23.1 Å². The lowest BCUT2D eigenvalue weighted by atomic mass is 10.2. The van der Waals surface area contributed by atoms with Crippen molar-refractivity contribution in [3.8, 4) is 0 Å². The maximum absolute atomic E-state index is 13.1. The summed E-state index contributed by atoms with van der Waals surface area (Å²) in [6.07, 6.45) is -4.39. The van der Waals surface area contributed by atoms with Crippen molar-refractivity contribution in [2.75, 3.05) is 0 Å². The van der Waals surface area contributed by atoms with E-state index in [2.05, 4.69) is 20.9 Å². The summed E-state index contributed by atoms with van der Waals surface area (Å²) in [6, 6.07) is 21.6. The molecular formula is C22H16BrF3N2S. The highest BCUT2D eigenvalue weighted by Gasteiger charge is 2.31. The van der Waals surface area contributed by atoms with Crippen LogP contribution in [0, 0.1) is 0 Å². The molecule has 4 aromatic rings. The molecule has 0 N–H and O–H groups in total. The minimum Gasteiger partial charge on any atom is -0.314 e. The summed E-state index contributed by atoms with van der Waals surface area (Å²) in [4.78, 5) is 4.53. The maximum Gasteiger partial charge on any atom is 0.416 e. The van der Waals surface area contributed by atoms with Crippen molar-refractivity contribution < 1.29 is 13.2 Å². The Hall–Kier alpha value is -2.25. The van der Waals surface area contributed by atoms with Crippen molar-refractivity contribution in [1.29, 1.82) is 0 Å². The summed E-state index contributed by atoms with van der Waals surface area (Å²) in [5.74, 6) is 0.678. The van der Waals surface area contributed by atoms with Gasteiger partial charge in [-0.3, -0.25) is 0 Å². The van der Waals surface area contributed by atoms with Crippen LogP contribution >= 0.6 is 27.7 Å². The quantitative estimate of drug-likeness (QED) is 0.284. The molecule has 0 saturated heterocycles. The van der Waals surface area contributed by atoms with E-state index in [9.17, 15) is 13.2 Å². The van der Waals surface area contributed by atoms with Crippen LogP contribution in [0.5, 0.6) is 0 Å². The van der Waals surface area contributed by atoms with E-state index in [0.29, 0.717) is 28.5 Å². The number of fused-ring (bicyclic) bond motifs is 1. The number of halogens is 4. The summed E-state index contributed by atoms with van der Waals surface area (Å²) in [6.45, 7) is 0.547. The van der Waals surface area contributed by atoms with Gasteiger partial charge in [-0.25, -0.2) is 4.98 Å². The van der Waals surface area contributed by atoms with Crippen LogP contribution in [0.4, 0.5) is 13.2 Å². The standard InChI is InChI=1S/C22H16BrF3N2S/c23-18-9-6-16(7-10-18)14-29-21-27-19-12-17(22(24,25)26)8-11-20(19)28(21)13-15-4-2-1-3-5-15/h1-12H,13-14H2. The van der Waals surface area contributed by atoms with Gasteiger partial charge in [0.15, 0.2) is 5.16 Å². The van der Waals surface area contributed by atoms with Crippen molar-refractivity contribution in [1.82, 2.24) is 9.55 Å². The molecule has 4 rings (SSSR count). The van der Waals surface area contributed by atoms with Gasteiger partial charge >= 0.3 is 6.18 Å². The van der Waals surface area contributed by atoms with E-state index in [4.69, 9.17) is 0 Å². The zero-order valence-electron chi connectivity index (χ0n) is 15.2. The van der Waals surface area contributed by atoms with Crippen molar-refractivity contribution in [3.05, 3.63) is 94.0 Å². The number of imidazole rings is 1. The number of nitrogens with zero attached hydrogens (tertiary/aromatic N) is 2. The Morgan fingerprint density at radius 1 is 0.897 bits per heavy atom. The first kappa shape index (κ1) is 20.0. The van der Waals surface area contributed by atoms with Gasteiger partial charge in [0.2, 0.25) is 0 Å². The second-order valence-electron chi connectivity index (χ2n) is 6.58. The Bertz CT molecular complexity index is 1120. The second-order valence-corrected chi connectivity index (χ2v) is 8.44. The number of hydrogen-bond acceptors (Lipinski definition) is 2. The monoisotopic (exact) mass is 476 g/mol. The molecule has 0 fully saturated rings. The summed E-state index contributed by atoms with van der Waals surface area (Å²) < 4.78 is 42.4. The predicted octanol–water partition coefficient (Wildman–Crippen LogP) is 7.16. The van der Waals surface area contributed by atoms with Crippen LogP contribution in [0.3, 0.4) is 0 Å². The molecule has 0 aliphatic heterocycles. The highest BCUT2D eigenvalue weighted by atomic mass is 79.9. The van der Waals surface area contributed by atoms with Gasteiger partial charge in [0.1, 0.15) is 0 Å². The molecule has 0 unspecified atom stereocenters. The topological polar surface area (TPSA) is 17.8 Å². The Morgan fingerprint density at radius 2 is 1.62 bits per heavy atom. The summed E-state index contributed by atoms with van der Waals surface area (Å²) in [5, 5.41) is 0.700. The van der Waals surface area contributed by atoms with Gasteiger partial charge < -0.3 is 4.57 Å². The molecule has 0 radical (unpaired) electrons. The number of benzene rings is 3. The predicted molar refractivity (Wildman–Crippen MR) is 114 cm³/mol. The molecule has 148 valence electrons. The third-order valence-corrected chi connectivity index (χ3v) is 6.08. The molecule has 0 spiro atoms. The normalized spacial score (nSPS) is 11.9. The Labute approximate surface area is 178 Å². The van der Waals surface area contributed by atoms with Crippen molar-refractivity contribution in [2.24, 2.45) is 0 Å². The first-order chi connectivity index (χ1) is 13.9. The van der Waals surface area contributed by atoms with E-state index < -0.39 is 11.7 Å². The third-order valence-electron chi connectivity index (χ3n) is 4.51. The first-order valence-electron chi connectivity index (χ1n) is 8.89. The van der Waals surface area contributed by atoms with Gasteiger partial charge in [-0.2, -0.15) is 13.2 Å².